The van der Waals surface area contributed by atoms with Crippen LogP contribution in [-0.4, -0.2) is 97.6 Å². The van der Waals surface area contributed by atoms with Gasteiger partial charge in [-0.25, -0.2) is 62.1 Å². The van der Waals surface area contributed by atoms with Crippen LogP contribution in [0.5, 0.6) is 0 Å². The molecule has 14 rings (SSSR count). The number of nitrogens with zero attached hydrogens (tertiary/aromatic N) is 8. The fourth-order valence-electron chi connectivity index (χ4n) is 9.38. The van der Waals surface area contributed by atoms with E-state index in [9.17, 15) is 33.9 Å². The summed E-state index contributed by atoms with van der Waals surface area (Å²) in [5, 5.41) is 5.64. The first kappa shape index (κ1) is 76.6. The first-order chi connectivity index (χ1) is 44.2. The zero-order chi connectivity index (χ0) is 68.0. The van der Waals surface area contributed by atoms with E-state index in [-0.39, 0.29) is 92.5 Å². The molecule has 0 unspecified atom stereocenters. The molecule has 1 aliphatic rings. The first-order valence-corrected chi connectivity index (χ1v) is 35.7. The third kappa shape index (κ3) is 16.5. The van der Waals surface area contributed by atoms with Crippen molar-refractivity contribution >= 4 is 200 Å². The van der Waals surface area contributed by atoms with Gasteiger partial charge >= 0.3 is 65.8 Å². The topological polar surface area (TPSA) is 232 Å². The minimum absolute atomic E-state index is 0. The molecule has 0 aliphatic carbocycles. The summed E-state index contributed by atoms with van der Waals surface area (Å²) in [5.41, 5.74) is 4.15. The molecule has 1 fully saturated rings. The molecule has 0 amide bonds. The van der Waals surface area contributed by atoms with Gasteiger partial charge in [0, 0.05) is 109 Å². The summed E-state index contributed by atoms with van der Waals surface area (Å²) < 4.78 is 121. The average Bonchev–Trinajstić information content (AvgIpc) is 1.60. The Morgan fingerprint density at radius 1 is 0.490 bits per heavy atom. The SMILES string of the molecule is Cc1ccc(S(=O)(=O)n2cc(B(F)F)c3cc(Cl)cnc32)cc1.Cc1ccc(S(=O)(=O)n2cc(B3OC(C)(C)C(C)(C)O3)c3cc(Cl)cnc32)cc1.Cc1ccc(S(=O)(=O)n2cc(Br)c3cc(Cl)cnc32)cc1.Clc1cnc2[nH]cc(Br)c2c1.Clc1cnc2[nH]ccc2c1.[F-].[K+]. The Balaban J connectivity index is 0.000000160. The second kappa shape index (κ2) is 30.8. The Kier molecular flexibility index (Phi) is 24.5. The maximum absolute atomic E-state index is 13.3. The van der Waals surface area contributed by atoms with Gasteiger partial charge in [-0.2, -0.15) is 0 Å². The smallest absolute Gasteiger partial charge is 1.00 e. The molecule has 96 heavy (non-hydrogen) atoms. The van der Waals surface area contributed by atoms with Crippen LogP contribution in [0.4, 0.5) is 8.63 Å². The molecular weight excluding hydrogens is 1560 g/mol. The summed E-state index contributed by atoms with van der Waals surface area (Å²) in [5.74, 6) is 0. The van der Waals surface area contributed by atoms with Crippen LogP contribution in [0.3, 0.4) is 0 Å². The van der Waals surface area contributed by atoms with Gasteiger partial charge in [-0.05, 0) is 153 Å². The first-order valence-electron chi connectivity index (χ1n) is 27.9. The van der Waals surface area contributed by atoms with Gasteiger partial charge in [0.15, 0.2) is 16.9 Å². The Labute approximate surface area is 635 Å². The van der Waals surface area contributed by atoms with Crippen molar-refractivity contribution in [3.05, 3.63) is 222 Å². The number of fused-ring (bicyclic) bond motifs is 5. The van der Waals surface area contributed by atoms with Gasteiger partial charge < -0.3 is 24.0 Å². The van der Waals surface area contributed by atoms with Gasteiger partial charge in [-0.15, -0.1) is 0 Å². The van der Waals surface area contributed by atoms with Crippen LogP contribution in [0.1, 0.15) is 44.4 Å². The molecule has 2 N–H and O–H groups in total. The van der Waals surface area contributed by atoms with Crippen LogP contribution in [0.2, 0.25) is 25.1 Å². The third-order valence-corrected chi connectivity index (χ3v) is 22.4. The van der Waals surface area contributed by atoms with Crippen molar-refractivity contribution in [2.45, 2.75) is 74.4 Å². The molecular formula is C62H51B2Br2Cl5F3KN10O8S3. The Morgan fingerprint density at radius 3 is 1.33 bits per heavy atom. The van der Waals surface area contributed by atoms with Crippen LogP contribution in [-0.2, 0) is 39.4 Å². The van der Waals surface area contributed by atoms with E-state index in [1.165, 1.54) is 53.2 Å². The summed E-state index contributed by atoms with van der Waals surface area (Å²) in [4.78, 5) is 26.8. The molecule has 0 spiro atoms. The second-order valence-corrected chi connectivity index (χ2v) is 31.5. The van der Waals surface area contributed by atoms with Crippen LogP contribution in [0.15, 0.2) is 195 Å². The summed E-state index contributed by atoms with van der Waals surface area (Å²) in [6.07, 6.45) is 14.9. The number of halogens is 10. The third-order valence-electron chi connectivity index (χ3n) is 15.0. The van der Waals surface area contributed by atoms with Crippen LogP contribution < -0.4 is 67.0 Å². The molecule has 1 saturated heterocycles. The largest absolute Gasteiger partial charge is 1.00 e. The molecule has 13 aromatic rings. The number of aromatic nitrogens is 10. The standard InChI is InChI=1S/C20H22BClN2O4S.C14H10BClF2N2O2S.C14H10BrClN2O2S.C7H4BrClN2.C7H5ClN2.FH.K/c1-13-6-8-15(9-7-13)29(25,26)24-12-17(16-10-14(22)11-23-18(16)24)21-27-19(2,3)20(4,5)28-21;1-9-2-4-11(5-3-9)23(21,22)20-8-13(15(17)18)12-6-10(16)7-19-14(12)20;1-9-2-4-11(5-3-9)21(19,20)18-8-13(15)12-6-10(16)7-17-14(12)18;8-6-3-11-7-5(6)1-4(9)2-10-7;8-6-3-5-1-2-9-7(5)10-4-6;;/h6-12H,1-5H3;2-8H,1H3;2-8H,1H3;1-3H,(H,10,11);1-4H,(H,9,10);1H;/q;;;;;;+1/p-1. The van der Waals surface area contributed by atoms with Crippen LogP contribution >= 0.6 is 89.9 Å². The summed E-state index contributed by atoms with van der Waals surface area (Å²) in [6, 6.07) is 29.8. The molecule has 1 aliphatic heterocycles. The molecule has 492 valence electrons. The Morgan fingerprint density at radius 2 is 0.865 bits per heavy atom. The molecule has 18 nitrogen and oxygen atoms in total. The molecule has 0 bridgehead atoms. The minimum atomic E-state index is -4.03. The van der Waals surface area contributed by atoms with E-state index in [4.69, 9.17) is 67.3 Å². The van der Waals surface area contributed by atoms with Gasteiger partial charge in [0.2, 0.25) is 0 Å². The quantitative estimate of drug-likeness (QED) is 0.135. The molecule has 10 aromatic heterocycles. The van der Waals surface area contributed by atoms with Crippen molar-refractivity contribution in [2.24, 2.45) is 0 Å². The zero-order valence-corrected chi connectivity index (χ0v) is 64.2. The number of aromatic amines is 2. The fraction of sp³-hybridized carbons (Fsp3) is 0.145. The average molecular weight is 1620 g/mol. The van der Waals surface area contributed by atoms with Gasteiger partial charge in [-0.3, -0.25) is 8.63 Å². The van der Waals surface area contributed by atoms with Crippen molar-refractivity contribution < 1.29 is 99.3 Å². The minimum Gasteiger partial charge on any atom is -1.00 e. The number of rotatable bonds is 8. The van der Waals surface area contributed by atoms with Crippen LogP contribution in [0, 0.1) is 20.8 Å². The van der Waals surface area contributed by atoms with Crippen molar-refractivity contribution in [3.63, 3.8) is 0 Å². The zero-order valence-electron chi connectivity index (χ0n) is 51.7. The Hall–Kier alpha value is -5.15. The van der Waals surface area contributed by atoms with Gasteiger partial charge in [-0.1, -0.05) is 111 Å². The maximum atomic E-state index is 13.3. The molecule has 0 radical (unpaired) electrons. The molecule has 11 heterocycles. The van der Waals surface area contributed by atoms with E-state index >= 15 is 0 Å². The second-order valence-electron chi connectivity index (χ2n) is 22.2. The molecule has 34 heteroatoms. The van der Waals surface area contributed by atoms with E-state index in [0.717, 1.165) is 57.4 Å². The monoisotopic (exact) mass is 1610 g/mol. The van der Waals surface area contributed by atoms with E-state index in [1.807, 2.05) is 79.1 Å². The molecule has 0 atom stereocenters. The summed E-state index contributed by atoms with van der Waals surface area (Å²) in [7, 11) is -15.2. The van der Waals surface area contributed by atoms with Crippen molar-refractivity contribution in [1.82, 2.24) is 46.8 Å². The van der Waals surface area contributed by atoms with E-state index < -0.39 is 61.1 Å². The van der Waals surface area contributed by atoms with E-state index in [2.05, 4.69) is 66.7 Å². The maximum Gasteiger partial charge on any atom is 1.00 e. The van der Waals surface area contributed by atoms with Crippen molar-refractivity contribution in [3.8, 4) is 0 Å². The number of H-pyrrole nitrogens is 2. The number of pyridine rings is 5. The van der Waals surface area contributed by atoms with Crippen LogP contribution in [0.25, 0.3) is 55.2 Å². The van der Waals surface area contributed by atoms with Gasteiger partial charge in [0.05, 0.1) is 51.0 Å². The number of nitrogens with one attached hydrogen (secondary N) is 2. The molecule has 3 aromatic carbocycles. The predicted octanol–water partition coefficient (Wildman–Crippen LogP) is 9.60. The van der Waals surface area contributed by atoms with Gasteiger partial charge in [0.25, 0.3) is 30.1 Å². The number of benzene rings is 3. The fourth-order valence-corrected chi connectivity index (χ4v) is 15.2. The number of aryl methyl sites for hydroxylation is 3. The van der Waals surface area contributed by atoms with Crippen molar-refractivity contribution in [1.29, 1.82) is 0 Å². The van der Waals surface area contributed by atoms with Gasteiger partial charge in [0.1, 0.15) is 11.3 Å². The number of hydrogen-bond acceptors (Lipinski definition) is 13. The predicted molar refractivity (Wildman–Crippen MR) is 376 cm³/mol. The van der Waals surface area contributed by atoms with E-state index in [0.29, 0.717) is 46.4 Å². The van der Waals surface area contributed by atoms with E-state index in [1.54, 1.807) is 85.2 Å². The summed E-state index contributed by atoms with van der Waals surface area (Å²) >= 11 is 36.0. The Bertz CT molecular complexity index is 5360. The summed E-state index contributed by atoms with van der Waals surface area (Å²) in [6.45, 7) is 13.4. The normalized spacial score (nSPS) is 13.4. The molecule has 0 saturated carbocycles. The van der Waals surface area contributed by atoms with Crippen molar-refractivity contribution in [2.75, 3.05) is 0 Å². The number of hydrogen-bond donors (Lipinski definition) is 2.